The van der Waals surface area contributed by atoms with Crippen molar-refractivity contribution in [1.29, 1.82) is 0 Å². The number of pyridine rings is 1. The first-order valence-electron chi connectivity index (χ1n) is 23.9. The number of aromatic nitrogens is 2. The van der Waals surface area contributed by atoms with Gasteiger partial charge in [0.05, 0.1) is 45.6 Å². The number of rotatable bonds is 8. The van der Waals surface area contributed by atoms with Crippen LogP contribution in [0.3, 0.4) is 0 Å². The van der Waals surface area contributed by atoms with E-state index in [1.54, 1.807) is 37.5 Å². The number of hydrogen-bond acceptors (Lipinski definition) is 10. The second-order valence-corrected chi connectivity index (χ2v) is 22.5. The number of carbonyl (C=O) groups is 4. The zero-order valence-electron chi connectivity index (χ0n) is 39.9. The zero-order chi connectivity index (χ0) is 47.4. The number of aryl methyl sites for hydroxylation is 1. The van der Waals surface area contributed by atoms with Crippen molar-refractivity contribution in [2.45, 2.75) is 121 Å². The van der Waals surface area contributed by atoms with E-state index in [1.165, 1.54) is 4.90 Å². The van der Waals surface area contributed by atoms with E-state index in [9.17, 15) is 19.5 Å². The predicted octanol–water partition coefficient (Wildman–Crippen LogP) is 6.61. The molecule has 2 saturated carbocycles. The Morgan fingerprint density at radius 3 is 2.60 bits per heavy atom. The highest BCUT2D eigenvalue weighted by atomic mass is 28.2. The third kappa shape index (κ3) is 7.33. The minimum absolute atomic E-state index is 0.0646. The van der Waals surface area contributed by atoms with Crippen molar-refractivity contribution < 1.29 is 38.5 Å². The molecule has 2 aromatic heterocycles. The number of hydrazine groups is 1. The Balaban J connectivity index is 1.06. The molecule has 4 aromatic rings. The number of nitrogens with one attached hydrogen (secondary N) is 2. The van der Waals surface area contributed by atoms with Gasteiger partial charge in [0.25, 0.3) is 11.8 Å². The van der Waals surface area contributed by atoms with Crippen LogP contribution in [-0.2, 0) is 52.8 Å². The third-order valence-corrected chi connectivity index (χ3v) is 17.7. The van der Waals surface area contributed by atoms with Gasteiger partial charge in [-0.15, -0.1) is 0 Å². The number of ether oxygens (including phenoxy) is 3. The number of carbonyl (C=O) groups excluding carboxylic acids is 4. The maximum atomic E-state index is 15.3. The fourth-order valence-electron chi connectivity index (χ4n) is 12.0. The van der Waals surface area contributed by atoms with Gasteiger partial charge in [0, 0.05) is 60.5 Å². The van der Waals surface area contributed by atoms with Crippen LogP contribution in [0.2, 0.25) is 5.54 Å². The second kappa shape index (κ2) is 16.4. The summed E-state index contributed by atoms with van der Waals surface area (Å²) in [4.78, 5) is 64.3. The van der Waals surface area contributed by atoms with E-state index in [1.807, 2.05) is 32.9 Å². The molecule has 6 heterocycles. The van der Waals surface area contributed by atoms with Gasteiger partial charge in [-0.25, -0.2) is 5.43 Å². The summed E-state index contributed by atoms with van der Waals surface area (Å²) in [5.74, 6) is -0.850. The van der Waals surface area contributed by atoms with Crippen LogP contribution >= 0.6 is 0 Å². The van der Waals surface area contributed by atoms with Gasteiger partial charge in [-0.3, -0.25) is 29.2 Å². The molecule has 7 atom stereocenters. The largest absolute Gasteiger partial charge is 0.508 e. The lowest BCUT2D eigenvalue weighted by molar-refractivity contribution is -0.156. The van der Waals surface area contributed by atoms with Gasteiger partial charge in [-0.2, -0.15) is 0 Å². The monoisotopic (exact) mass is 926 g/mol. The molecule has 5 fully saturated rings. The number of phenols is 1. The molecule has 3 saturated heterocycles. The number of phenolic OH excluding ortho intramolecular Hbond substituents is 1. The van der Waals surface area contributed by atoms with Gasteiger partial charge < -0.3 is 34.1 Å². The SMILES string of the molecule is CCn1c(-c2cccnc2[C@H](C)OC)c2c3cc(ccc31)-c1cc(O)cc(c1)C[C@]1(C(=O)N3CCC[C@H](N3)C(=O)OCC(C)(C)C2)C2[Si]C21NC(=O)C(=C(C)C)N(C)C(=O)C12CCC(CO1)C2. The molecule has 8 bridgehead atoms. The van der Waals surface area contributed by atoms with Gasteiger partial charge >= 0.3 is 5.97 Å². The highest BCUT2D eigenvalue weighted by Crippen LogP contribution is 2.81. The molecule has 2 radical (unpaired) electrons. The van der Waals surface area contributed by atoms with Crippen LogP contribution < -0.4 is 10.7 Å². The maximum absolute atomic E-state index is 15.3. The van der Waals surface area contributed by atoms with E-state index in [0.717, 1.165) is 56.5 Å². The average Bonchev–Trinajstić information content (AvgIpc) is 3.88. The van der Waals surface area contributed by atoms with E-state index >= 15 is 4.79 Å². The summed E-state index contributed by atoms with van der Waals surface area (Å²) in [5, 5.41) is 16.5. The number of aromatic hydroxyl groups is 1. The van der Waals surface area contributed by atoms with Crippen molar-refractivity contribution in [2.24, 2.45) is 16.7 Å². The molecule has 4 aliphatic heterocycles. The first-order valence-corrected chi connectivity index (χ1v) is 24.9. The van der Waals surface area contributed by atoms with Crippen molar-refractivity contribution in [3.8, 4) is 28.1 Å². The number of esters is 1. The Labute approximate surface area is 394 Å². The van der Waals surface area contributed by atoms with E-state index in [2.05, 4.69) is 60.3 Å². The Morgan fingerprint density at radius 2 is 1.91 bits per heavy atom. The van der Waals surface area contributed by atoms with Gasteiger partial charge in [-0.1, -0.05) is 26.0 Å². The number of methoxy groups -OCH3 is 1. The van der Waals surface area contributed by atoms with Gasteiger partial charge in [0.1, 0.15) is 23.1 Å². The van der Waals surface area contributed by atoms with Crippen molar-refractivity contribution in [3.63, 3.8) is 0 Å². The van der Waals surface area contributed by atoms with Gasteiger partial charge in [0.2, 0.25) is 5.91 Å². The summed E-state index contributed by atoms with van der Waals surface area (Å²) < 4.78 is 20.4. The Kier molecular flexibility index (Phi) is 11.1. The molecule has 67 heavy (non-hydrogen) atoms. The van der Waals surface area contributed by atoms with Crippen LogP contribution in [0.1, 0.15) is 96.6 Å². The van der Waals surface area contributed by atoms with Crippen LogP contribution in [-0.4, -0.2) is 108 Å². The number of amides is 3. The van der Waals surface area contributed by atoms with Crippen LogP contribution in [0, 0.1) is 16.7 Å². The molecule has 4 unspecified atom stereocenters. The molecule has 1 spiro atoms. The fraction of sp³-hybridized carbons (Fsp3) is 0.519. The third-order valence-electron chi connectivity index (χ3n) is 15.5. The molecule has 15 heteroatoms. The van der Waals surface area contributed by atoms with Crippen LogP contribution in [0.5, 0.6) is 5.75 Å². The number of fused-ring (bicyclic) bond motifs is 11. The smallest absolute Gasteiger partial charge is 0.324 e. The lowest BCUT2D eigenvalue weighted by Gasteiger charge is -2.38. The molecule has 6 aliphatic rings. The molecule has 3 N–H and O–H groups in total. The molecular weight excluding hydrogens is 865 g/mol. The minimum atomic E-state index is -1.08. The van der Waals surface area contributed by atoms with Crippen molar-refractivity contribution in [2.75, 3.05) is 33.9 Å². The van der Waals surface area contributed by atoms with Gasteiger partial charge in [-0.05, 0) is 148 Å². The molecule has 2 aliphatic carbocycles. The standard InChI is InChI=1S/C52H62N6O8Si/c1-9-57-40-15-14-33-23-37(40)38(43(57)36-12-10-18-53-41(36)30(4)64-8)26-49(5,6)28-65-45(61)39-13-11-19-58(55-39)48(63)51(25-32-20-34(33)22-35(59)21-32)46-52(51,67-46)54-44(60)42(29(2)3)56(7)47(62)50-17-16-31(24-50)27-66-50/h10,12,14-15,18,20-23,30-31,39,46,55,59H,9,11,13,16-17,19,24-28H2,1-8H3,(H,54,60)/t30-,31?,39-,46?,50?,51+,52?/m0/s1. The number of benzene rings is 2. The first kappa shape index (κ1) is 45.4. The number of allylic oxidation sites excluding steroid dienone is 1. The first-order chi connectivity index (χ1) is 32.0. The maximum Gasteiger partial charge on any atom is 0.324 e. The number of nitrogens with zero attached hydrogens (tertiary/aromatic N) is 4. The Hall–Kier alpha value is -5.35. The fourth-order valence-corrected chi connectivity index (χ4v) is 14.0. The summed E-state index contributed by atoms with van der Waals surface area (Å²) in [5.41, 5.74) is 8.88. The topological polar surface area (TPSA) is 165 Å². The highest BCUT2D eigenvalue weighted by Gasteiger charge is 2.93. The quantitative estimate of drug-likeness (QED) is 0.0996. The predicted molar refractivity (Wildman–Crippen MR) is 253 cm³/mol. The summed E-state index contributed by atoms with van der Waals surface area (Å²) in [7, 11) is 3.59. The Morgan fingerprint density at radius 1 is 1.10 bits per heavy atom. The molecule has 2 aromatic carbocycles. The van der Waals surface area contributed by atoms with Crippen LogP contribution in [0.15, 0.2) is 66.0 Å². The van der Waals surface area contributed by atoms with E-state index in [-0.39, 0.29) is 57.5 Å². The Bertz CT molecular complexity index is 2750. The summed E-state index contributed by atoms with van der Waals surface area (Å²) in [6.45, 7) is 13.7. The zero-order valence-corrected chi connectivity index (χ0v) is 40.9. The second-order valence-electron chi connectivity index (χ2n) is 20.8. The van der Waals surface area contributed by atoms with Gasteiger partial charge in [0.15, 0.2) is 0 Å². The number of hydrogen-bond donors (Lipinski definition) is 3. The summed E-state index contributed by atoms with van der Waals surface area (Å²) in [6.07, 6.45) is 5.61. The molecule has 3 amide bonds. The number of cyclic esters (lactones) is 1. The van der Waals surface area contributed by atoms with Crippen molar-refractivity contribution in [1.82, 2.24) is 30.2 Å². The van der Waals surface area contributed by atoms with E-state index < -0.39 is 39.5 Å². The van der Waals surface area contributed by atoms with Crippen LogP contribution in [0.25, 0.3) is 33.3 Å². The molecular formula is C52H62N6O8Si. The minimum Gasteiger partial charge on any atom is -0.508 e. The summed E-state index contributed by atoms with van der Waals surface area (Å²) >= 11 is 0. The van der Waals surface area contributed by atoms with Crippen molar-refractivity contribution in [3.05, 3.63) is 82.8 Å². The van der Waals surface area contributed by atoms with Crippen molar-refractivity contribution >= 4 is 44.1 Å². The molecule has 352 valence electrons. The number of likely N-dealkylation sites (N-methyl/N-ethyl adjacent to an activating group) is 1. The lowest BCUT2D eigenvalue weighted by atomic mass is 9.84. The molecule has 14 nitrogen and oxygen atoms in total. The summed E-state index contributed by atoms with van der Waals surface area (Å²) in [6, 6.07) is 15.2. The van der Waals surface area contributed by atoms with Crippen LogP contribution in [0.4, 0.5) is 0 Å². The average molecular weight is 927 g/mol. The normalized spacial score (nSPS) is 28.7. The van der Waals surface area contributed by atoms with E-state index in [0.29, 0.717) is 63.3 Å². The molecule has 10 rings (SSSR count). The highest BCUT2D eigenvalue weighted by molar-refractivity contribution is 6.67. The van der Waals surface area contributed by atoms with E-state index in [4.69, 9.17) is 19.2 Å². The lowest BCUT2D eigenvalue weighted by Crippen LogP contribution is -2.60.